The van der Waals surface area contributed by atoms with E-state index in [4.69, 9.17) is 23.2 Å². The van der Waals surface area contributed by atoms with E-state index in [1.54, 1.807) is 0 Å². The average molecular weight is 213 g/mol. The second-order valence-corrected chi connectivity index (χ2v) is 17.0. The SMILES string of the molecule is C/C=[Si](\C)[Si](C)(C)C(Cl)Cl. The Bertz CT molecular complexity index is 141. The summed E-state index contributed by atoms with van der Waals surface area (Å²) in [6.07, 6.45) is 0. The van der Waals surface area contributed by atoms with Crippen molar-refractivity contribution in [2.24, 2.45) is 0 Å². The number of hydrogen-bond donors (Lipinski definition) is 0. The molecule has 0 aromatic carbocycles. The van der Waals surface area contributed by atoms with Gasteiger partial charge in [-0.05, 0) is 7.93 Å². The number of hydrogen-bond acceptors (Lipinski definition) is 0. The van der Waals surface area contributed by atoms with E-state index in [9.17, 15) is 0 Å². The molecular formula is C6H14Cl2Si2. The van der Waals surface area contributed by atoms with Crippen LogP contribution in [0.5, 0.6) is 0 Å². The van der Waals surface area contributed by atoms with Gasteiger partial charge in [-0.1, -0.05) is 26.6 Å². The summed E-state index contributed by atoms with van der Waals surface area (Å²) in [6, 6.07) is 0. The van der Waals surface area contributed by atoms with Gasteiger partial charge in [-0.2, -0.15) is 0 Å². The largest absolute Gasteiger partial charge is 0.109 e. The number of alkyl halides is 2. The van der Waals surface area contributed by atoms with Gasteiger partial charge >= 0.3 is 0 Å². The second-order valence-electron chi connectivity index (χ2n) is 2.99. The maximum atomic E-state index is 5.88. The smallest absolute Gasteiger partial charge is 0.0977 e. The number of rotatable bonds is 2. The second kappa shape index (κ2) is 4.05. The van der Waals surface area contributed by atoms with Gasteiger partial charge in [0, 0.05) is 0 Å². The summed E-state index contributed by atoms with van der Waals surface area (Å²) < 4.78 is -0.109. The van der Waals surface area contributed by atoms with Crippen LogP contribution < -0.4 is 0 Å². The van der Waals surface area contributed by atoms with E-state index < -0.39 is 7.59 Å². The average Bonchev–Trinajstić information content (AvgIpc) is 1.86. The van der Waals surface area contributed by atoms with E-state index in [-0.39, 0.29) is 12.4 Å². The Hall–Kier alpha value is 0.884. The van der Waals surface area contributed by atoms with Gasteiger partial charge in [0.15, 0.2) is 0 Å². The highest BCUT2D eigenvalue weighted by Gasteiger charge is 2.30. The van der Waals surface area contributed by atoms with Crippen LogP contribution in [0.25, 0.3) is 0 Å². The first-order valence-electron chi connectivity index (χ1n) is 3.34. The zero-order chi connectivity index (χ0) is 8.36. The molecule has 0 aliphatic carbocycles. The Morgan fingerprint density at radius 1 is 1.40 bits per heavy atom. The molecule has 0 bridgehead atoms. The van der Waals surface area contributed by atoms with Crippen molar-refractivity contribution in [3.05, 3.63) is 0 Å². The quantitative estimate of drug-likeness (QED) is 0.488. The predicted molar refractivity (Wildman–Crippen MR) is 56.3 cm³/mol. The Balaban J connectivity index is 4.40. The van der Waals surface area contributed by atoms with Gasteiger partial charge in [-0.3, -0.25) is 0 Å². The third kappa shape index (κ3) is 2.49. The van der Waals surface area contributed by atoms with Crippen molar-refractivity contribution in [1.82, 2.24) is 0 Å². The molecule has 0 aromatic heterocycles. The fourth-order valence-corrected chi connectivity index (χ4v) is 7.99. The molecule has 0 atom stereocenters. The van der Waals surface area contributed by atoms with Crippen LogP contribution in [0.2, 0.25) is 19.6 Å². The molecule has 60 valence electrons. The third-order valence-corrected chi connectivity index (χ3v) is 18.2. The minimum absolute atomic E-state index is 0.109. The fourth-order valence-electron chi connectivity index (χ4n) is 0.544. The lowest BCUT2D eigenvalue weighted by Crippen LogP contribution is -2.45. The number of halogens is 2. The van der Waals surface area contributed by atoms with Crippen molar-refractivity contribution in [2.45, 2.75) is 31.0 Å². The maximum Gasteiger partial charge on any atom is 0.0977 e. The van der Waals surface area contributed by atoms with E-state index in [0.717, 1.165) is 0 Å². The summed E-state index contributed by atoms with van der Waals surface area (Å²) in [7, 11) is -1.66. The highest BCUT2D eigenvalue weighted by molar-refractivity contribution is 7.36. The lowest BCUT2D eigenvalue weighted by Gasteiger charge is -2.23. The summed E-state index contributed by atoms with van der Waals surface area (Å²) >= 11 is 11.8. The molecule has 0 fully saturated rings. The molecule has 0 radical (unpaired) electrons. The van der Waals surface area contributed by atoms with Gasteiger partial charge in [-0.25, -0.2) is 0 Å². The fraction of sp³-hybridized carbons (Fsp3) is 0.833. The van der Waals surface area contributed by atoms with E-state index >= 15 is 0 Å². The van der Waals surface area contributed by atoms with Crippen LogP contribution in [0.1, 0.15) is 6.92 Å². The van der Waals surface area contributed by atoms with Crippen molar-refractivity contribution < 1.29 is 0 Å². The molecule has 0 heterocycles. The van der Waals surface area contributed by atoms with Crippen LogP contribution in [0.3, 0.4) is 0 Å². The van der Waals surface area contributed by atoms with Crippen LogP contribution in [0, 0.1) is 0 Å². The summed E-state index contributed by atoms with van der Waals surface area (Å²) in [4.78, 5) is 0. The van der Waals surface area contributed by atoms with Crippen molar-refractivity contribution in [3.8, 4) is 0 Å². The molecule has 0 N–H and O–H groups in total. The summed E-state index contributed by atoms with van der Waals surface area (Å²) in [6.45, 7) is 8.91. The van der Waals surface area contributed by atoms with E-state index in [2.05, 4.69) is 32.2 Å². The first-order chi connectivity index (χ1) is 4.42. The molecule has 0 aliphatic heterocycles. The molecule has 0 saturated heterocycles. The van der Waals surface area contributed by atoms with Gasteiger partial charge < -0.3 is 0 Å². The zero-order valence-corrected chi connectivity index (χ0v) is 10.4. The molecule has 4 heteroatoms. The van der Waals surface area contributed by atoms with Crippen molar-refractivity contribution in [1.29, 1.82) is 0 Å². The lowest BCUT2D eigenvalue weighted by molar-refractivity contribution is 1.68. The molecule has 0 spiro atoms. The third-order valence-electron chi connectivity index (χ3n) is 1.99. The molecular weight excluding hydrogens is 199 g/mol. The summed E-state index contributed by atoms with van der Waals surface area (Å²) in [5, 5.41) is 0. The molecule has 0 nitrogen and oxygen atoms in total. The monoisotopic (exact) mass is 212 g/mol. The van der Waals surface area contributed by atoms with E-state index in [1.807, 2.05) is 0 Å². The van der Waals surface area contributed by atoms with Crippen LogP contribution in [-0.2, 0) is 0 Å². The molecule has 0 unspecified atom stereocenters. The van der Waals surface area contributed by atoms with Crippen molar-refractivity contribution in [2.75, 3.05) is 0 Å². The molecule has 0 aromatic rings. The highest BCUT2D eigenvalue weighted by atomic mass is 35.5. The zero-order valence-electron chi connectivity index (χ0n) is 6.91. The van der Waals surface area contributed by atoms with Gasteiger partial charge in [0.2, 0.25) is 0 Å². The summed E-state index contributed by atoms with van der Waals surface area (Å²) in [5.74, 6) is 0. The normalized spacial score (nSPS) is 14.5. The molecule has 10 heavy (non-hydrogen) atoms. The van der Waals surface area contributed by atoms with Gasteiger partial charge in [0.05, 0.1) is 12.1 Å². The van der Waals surface area contributed by atoms with Crippen LogP contribution >= 0.6 is 23.2 Å². The van der Waals surface area contributed by atoms with E-state index in [0.29, 0.717) is 0 Å². The van der Waals surface area contributed by atoms with Crippen LogP contribution in [0.15, 0.2) is 0 Å². The lowest BCUT2D eigenvalue weighted by atomic mass is 11.0. The first-order valence-corrected chi connectivity index (χ1v) is 10.4. The Morgan fingerprint density at radius 3 is 1.90 bits per heavy atom. The molecule has 0 rings (SSSR count). The predicted octanol–water partition coefficient (Wildman–Crippen LogP) is 2.64. The minimum Gasteiger partial charge on any atom is -0.109 e. The molecule has 0 amide bonds. The minimum atomic E-state index is -1.31. The van der Waals surface area contributed by atoms with Crippen LogP contribution in [-0.4, -0.2) is 25.6 Å². The van der Waals surface area contributed by atoms with Crippen molar-refractivity contribution >= 4 is 44.4 Å². The van der Waals surface area contributed by atoms with Gasteiger partial charge in [-0.15, -0.1) is 28.9 Å². The molecule has 0 aliphatic rings. The Kier molecular flexibility index (Phi) is 4.40. The van der Waals surface area contributed by atoms with Crippen LogP contribution in [0.4, 0.5) is 0 Å². The van der Waals surface area contributed by atoms with E-state index in [1.165, 1.54) is 0 Å². The molecule has 0 saturated carbocycles. The Morgan fingerprint density at radius 2 is 1.80 bits per heavy atom. The van der Waals surface area contributed by atoms with Crippen molar-refractivity contribution in [3.63, 3.8) is 0 Å². The first kappa shape index (κ1) is 10.9. The maximum absolute atomic E-state index is 5.88. The Labute approximate surface area is 75.6 Å². The van der Waals surface area contributed by atoms with Gasteiger partial charge in [0.1, 0.15) is 0 Å². The summed E-state index contributed by atoms with van der Waals surface area (Å²) in [5.41, 5.74) is 2.29. The standard InChI is InChI=1S/C6H14Cl2Si2/c1-5-9(2)10(3,4)6(7)8/h5-6H,1-4H3/b9-5+. The topological polar surface area (TPSA) is 0 Å². The van der Waals surface area contributed by atoms with Gasteiger partial charge in [0.25, 0.3) is 0 Å². The highest BCUT2D eigenvalue weighted by Crippen LogP contribution is 2.18.